The second-order valence-corrected chi connectivity index (χ2v) is 11.7. The SMILES string of the molecule is C=CC(=O)Oc1c(C)c(C#Cc2ccc(-c3ccc(OC(=O)C(=C)C)cc3)cc2)c(C)c(OC(=O)C(=C)C)c1-c1ccc(OC(=O)C(=C)C)cc1. The molecule has 0 unspecified atom stereocenters. The Morgan fingerprint density at radius 1 is 0.549 bits per heavy atom. The van der Waals surface area contributed by atoms with Gasteiger partial charge in [0.2, 0.25) is 0 Å². The van der Waals surface area contributed by atoms with Crippen LogP contribution in [0.4, 0.5) is 0 Å². The molecule has 0 aliphatic heterocycles. The van der Waals surface area contributed by atoms with Crippen molar-refractivity contribution in [3.05, 3.63) is 144 Å². The lowest BCUT2D eigenvalue weighted by atomic mass is 9.92. The molecule has 0 radical (unpaired) electrons. The number of benzene rings is 4. The van der Waals surface area contributed by atoms with E-state index in [1.165, 1.54) is 6.92 Å². The first-order valence-electron chi connectivity index (χ1n) is 15.7. The van der Waals surface area contributed by atoms with Crippen molar-refractivity contribution in [3.63, 3.8) is 0 Å². The van der Waals surface area contributed by atoms with Gasteiger partial charge in [-0.25, -0.2) is 19.2 Å². The summed E-state index contributed by atoms with van der Waals surface area (Å²) in [7, 11) is 0. The highest BCUT2D eigenvalue weighted by atomic mass is 16.6. The van der Waals surface area contributed by atoms with Gasteiger partial charge in [0.15, 0.2) is 0 Å². The predicted octanol–water partition coefficient (Wildman–Crippen LogP) is 8.57. The molecule has 0 aliphatic carbocycles. The van der Waals surface area contributed by atoms with Crippen molar-refractivity contribution in [1.29, 1.82) is 0 Å². The molecular formula is C43H36O8. The average Bonchev–Trinajstić information content (AvgIpc) is 3.11. The normalized spacial score (nSPS) is 10.1. The van der Waals surface area contributed by atoms with Crippen LogP contribution in [-0.2, 0) is 19.2 Å². The van der Waals surface area contributed by atoms with Crippen LogP contribution in [0.15, 0.2) is 122 Å². The highest BCUT2D eigenvalue weighted by Crippen LogP contribution is 2.46. The standard InChI is InChI=1S/C43H36O8/c1-10-37(44)50-39-28(8)36(24-13-30-11-14-31(15-12-30)32-16-20-34(21-17-32)48-41(45)25(2)3)29(9)40(51-43(47)27(6)7)38(39)33-18-22-35(23-19-33)49-42(46)26(4)5/h10-12,14-23H,1-2,4,6H2,3,5,7-9H3. The van der Waals surface area contributed by atoms with Gasteiger partial charge in [-0.15, -0.1) is 0 Å². The van der Waals surface area contributed by atoms with E-state index in [-0.39, 0.29) is 28.4 Å². The lowest BCUT2D eigenvalue weighted by molar-refractivity contribution is -0.131. The quantitative estimate of drug-likeness (QED) is 0.0710. The molecule has 0 N–H and O–H groups in total. The van der Waals surface area contributed by atoms with Crippen molar-refractivity contribution in [2.45, 2.75) is 34.6 Å². The number of carbonyl (C=O) groups excluding carboxylic acids is 4. The molecule has 0 saturated heterocycles. The third-order valence-corrected chi connectivity index (χ3v) is 7.46. The van der Waals surface area contributed by atoms with Gasteiger partial charge in [0.25, 0.3) is 0 Å². The first-order valence-corrected chi connectivity index (χ1v) is 15.7. The Labute approximate surface area is 297 Å². The summed E-state index contributed by atoms with van der Waals surface area (Å²) in [5.41, 5.74) is 5.55. The summed E-state index contributed by atoms with van der Waals surface area (Å²) in [6.45, 7) is 22.6. The molecule has 0 fully saturated rings. The maximum Gasteiger partial charge on any atom is 0.338 e. The van der Waals surface area contributed by atoms with Gasteiger partial charge in [-0.2, -0.15) is 0 Å². The summed E-state index contributed by atoms with van der Waals surface area (Å²) in [5.74, 6) is 4.76. The minimum atomic E-state index is -0.732. The number of ether oxygens (including phenoxy) is 4. The monoisotopic (exact) mass is 680 g/mol. The van der Waals surface area contributed by atoms with Crippen molar-refractivity contribution in [3.8, 4) is 57.1 Å². The van der Waals surface area contributed by atoms with E-state index in [2.05, 4.69) is 38.2 Å². The Balaban J connectivity index is 1.78. The second kappa shape index (κ2) is 16.1. The van der Waals surface area contributed by atoms with Crippen LogP contribution in [0.3, 0.4) is 0 Å². The molecular weight excluding hydrogens is 644 g/mol. The fourth-order valence-electron chi connectivity index (χ4n) is 4.69. The predicted molar refractivity (Wildman–Crippen MR) is 196 cm³/mol. The van der Waals surface area contributed by atoms with Crippen molar-refractivity contribution in [1.82, 2.24) is 0 Å². The zero-order chi connectivity index (χ0) is 37.4. The maximum absolute atomic E-state index is 12.9. The van der Waals surface area contributed by atoms with E-state index in [0.29, 0.717) is 44.7 Å². The van der Waals surface area contributed by atoms with E-state index < -0.39 is 23.9 Å². The number of esters is 4. The van der Waals surface area contributed by atoms with Gasteiger partial charge in [-0.3, -0.25) is 0 Å². The topological polar surface area (TPSA) is 105 Å². The molecule has 51 heavy (non-hydrogen) atoms. The molecule has 0 bridgehead atoms. The first kappa shape index (κ1) is 37.1. The van der Waals surface area contributed by atoms with Crippen LogP contribution in [0.1, 0.15) is 43.0 Å². The van der Waals surface area contributed by atoms with Crippen molar-refractivity contribution >= 4 is 23.9 Å². The van der Waals surface area contributed by atoms with E-state index in [0.717, 1.165) is 17.2 Å². The Kier molecular flexibility index (Phi) is 11.7. The summed E-state index contributed by atoms with van der Waals surface area (Å²) >= 11 is 0. The lowest BCUT2D eigenvalue weighted by Gasteiger charge is -2.21. The van der Waals surface area contributed by atoms with Gasteiger partial charge in [-0.05, 0) is 87.7 Å². The van der Waals surface area contributed by atoms with Crippen LogP contribution in [-0.4, -0.2) is 23.9 Å². The number of carbonyl (C=O) groups is 4. The van der Waals surface area contributed by atoms with Gasteiger partial charge in [0.1, 0.15) is 23.0 Å². The maximum atomic E-state index is 12.9. The van der Waals surface area contributed by atoms with Crippen molar-refractivity contribution in [2.24, 2.45) is 0 Å². The van der Waals surface area contributed by atoms with E-state index in [4.69, 9.17) is 18.9 Å². The van der Waals surface area contributed by atoms with E-state index >= 15 is 0 Å². The smallest absolute Gasteiger partial charge is 0.338 e. The van der Waals surface area contributed by atoms with Gasteiger partial charge in [0, 0.05) is 45.0 Å². The molecule has 0 aromatic heterocycles. The highest BCUT2D eigenvalue weighted by Gasteiger charge is 2.26. The fourth-order valence-corrected chi connectivity index (χ4v) is 4.69. The number of hydrogen-bond acceptors (Lipinski definition) is 8. The minimum Gasteiger partial charge on any atom is -0.423 e. The van der Waals surface area contributed by atoms with Crippen LogP contribution in [0.5, 0.6) is 23.0 Å². The van der Waals surface area contributed by atoms with Gasteiger partial charge < -0.3 is 18.9 Å². The molecule has 0 aliphatic rings. The zero-order valence-corrected chi connectivity index (χ0v) is 29.1. The Morgan fingerprint density at radius 3 is 1.37 bits per heavy atom. The molecule has 4 aromatic carbocycles. The van der Waals surface area contributed by atoms with Crippen molar-refractivity contribution in [2.75, 3.05) is 0 Å². The fraction of sp³-hybridized carbons (Fsp3) is 0.116. The Hall–Kier alpha value is -6.72. The van der Waals surface area contributed by atoms with E-state index in [1.807, 2.05) is 36.4 Å². The summed E-state index contributed by atoms with van der Waals surface area (Å²) in [6.07, 6.45) is 1.03. The molecule has 4 aromatic rings. The molecule has 0 amide bonds. The summed E-state index contributed by atoms with van der Waals surface area (Å²) in [5, 5.41) is 0. The molecule has 0 saturated carbocycles. The third-order valence-electron chi connectivity index (χ3n) is 7.46. The molecule has 8 nitrogen and oxygen atoms in total. The molecule has 0 heterocycles. The average molecular weight is 681 g/mol. The molecule has 0 spiro atoms. The van der Waals surface area contributed by atoms with Crippen LogP contribution >= 0.6 is 0 Å². The largest absolute Gasteiger partial charge is 0.423 e. The zero-order valence-electron chi connectivity index (χ0n) is 29.1. The number of hydrogen-bond donors (Lipinski definition) is 0. The highest BCUT2D eigenvalue weighted by molar-refractivity contribution is 5.94. The summed E-state index contributed by atoms with van der Waals surface area (Å²) in [6, 6.07) is 21.1. The second-order valence-electron chi connectivity index (χ2n) is 11.7. The van der Waals surface area contributed by atoms with E-state index in [1.54, 1.807) is 64.1 Å². The summed E-state index contributed by atoms with van der Waals surface area (Å²) < 4.78 is 22.3. The van der Waals surface area contributed by atoms with Crippen LogP contribution in [0.25, 0.3) is 22.3 Å². The van der Waals surface area contributed by atoms with Gasteiger partial charge >= 0.3 is 23.9 Å². The first-order chi connectivity index (χ1) is 24.2. The van der Waals surface area contributed by atoms with Gasteiger partial charge in [-0.1, -0.05) is 74.6 Å². The molecule has 0 atom stereocenters. The van der Waals surface area contributed by atoms with Crippen LogP contribution in [0.2, 0.25) is 0 Å². The summed E-state index contributed by atoms with van der Waals surface area (Å²) in [4.78, 5) is 49.4. The molecule has 8 heteroatoms. The van der Waals surface area contributed by atoms with Gasteiger partial charge in [0.05, 0.1) is 5.56 Å². The lowest BCUT2D eigenvalue weighted by Crippen LogP contribution is -2.14. The van der Waals surface area contributed by atoms with E-state index in [9.17, 15) is 19.2 Å². The number of rotatable bonds is 10. The van der Waals surface area contributed by atoms with Crippen LogP contribution < -0.4 is 18.9 Å². The van der Waals surface area contributed by atoms with Crippen LogP contribution in [0, 0.1) is 25.7 Å². The molecule has 256 valence electrons. The minimum absolute atomic E-state index is 0.110. The molecule has 4 rings (SSSR count). The van der Waals surface area contributed by atoms with Crippen molar-refractivity contribution < 1.29 is 38.1 Å². The Morgan fingerprint density at radius 2 is 0.941 bits per heavy atom. The Bertz CT molecular complexity index is 2150. The third kappa shape index (κ3) is 9.05.